The molecule has 1 unspecified atom stereocenters. The van der Waals surface area contributed by atoms with Gasteiger partial charge in [0.1, 0.15) is 28.8 Å². The minimum absolute atomic E-state index is 0.231. The molecule has 5 nitrogen and oxygen atoms in total. The highest BCUT2D eigenvalue weighted by atomic mass is 32.2. The van der Waals surface area contributed by atoms with Gasteiger partial charge in [-0.1, -0.05) is 0 Å². The summed E-state index contributed by atoms with van der Waals surface area (Å²) in [5.41, 5.74) is 0.512. The van der Waals surface area contributed by atoms with Crippen molar-refractivity contribution in [2.75, 3.05) is 24.7 Å². The Morgan fingerprint density at radius 3 is 3.18 bits per heavy atom. The van der Waals surface area contributed by atoms with Crippen molar-refractivity contribution < 1.29 is 4.74 Å². The van der Waals surface area contributed by atoms with Crippen LogP contribution in [-0.4, -0.2) is 35.5 Å². The van der Waals surface area contributed by atoms with Gasteiger partial charge in [-0.25, -0.2) is 9.97 Å². The molecule has 0 aliphatic carbocycles. The van der Waals surface area contributed by atoms with E-state index in [1.807, 2.05) is 6.26 Å². The standard InChI is InChI=1S/C11H14N4OS/c1-17-11-9(5-12)10(14-7-15-11)13-6-8-3-2-4-16-8/h7-8H,2-4,6H2,1H3,(H,13,14,15). The number of hydrogen-bond donors (Lipinski definition) is 1. The van der Waals surface area contributed by atoms with Crippen LogP contribution in [0.2, 0.25) is 0 Å². The van der Waals surface area contributed by atoms with Gasteiger partial charge in [-0.05, 0) is 19.1 Å². The Bertz CT molecular complexity index is 426. The van der Waals surface area contributed by atoms with Gasteiger partial charge in [0.05, 0.1) is 6.10 Å². The molecule has 1 aliphatic heterocycles. The first-order chi connectivity index (χ1) is 8.35. The van der Waals surface area contributed by atoms with Crippen molar-refractivity contribution in [3.8, 4) is 6.07 Å². The van der Waals surface area contributed by atoms with Crippen molar-refractivity contribution in [2.24, 2.45) is 0 Å². The molecule has 0 amide bonds. The quantitative estimate of drug-likeness (QED) is 0.647. The van der Waals surface area contributed by atoms with Crippen molar-refractivity contribution in [3.63, 3.8) is 0 Å². The second-order valence-corrected chi connectivity index (χ2v) is 4.53. The number of nitriles is 1. The van der Waals surface area contributed by atoms with Gasteiger partial charge >= 0.3 is 0 Å². The van der Waals surface area contributed by atoms with Crippen LogP contribution in [0.1, 0.15) is 18.4 Å². The number of anilines is 1. The summed E-state index contributed by atoms with van der Waals surface area (Å²) in [4.78, 5) is 8.17. The molecule has 0 saturated carbocycles. The van der Waals surface area contributed by atoms with E-state index < -0.39 is 0 Å². The largest absolute Gasteiger partial charge is 0.376 e. The fourth-order valence-corrected chi connectivity index (χ4v) is 2.27. The van der Waals surface area contributed by atoms with Crippen LogP contribution in [0.25, 0.3) is 0 Å². The highest BCUT2D eigenvalue weighted by Crippen LogP contribution is 2.22. The third-order valence-corrected chi connectivity index (χ3v) is 3.34. The van der Waals surface area contributed by atoms with Crippen LogP contribution in [0.3, 0.4) is 0 Å². The number of nitrogens with one attached hydrogen (secondary N) is 1. The zero-order chi connectivity index (χ0) is 12.1. The van der Waals surface area contributed by atoms with Crippen LogP contribution in [0, 0.1) is 11.3 Å². The molecule has 90 valence electrons. The topological polar surface area (TPSA) is 70.8 Å². The highest BCUT2D eigenvalue weighted by molar-refractivity contribution is 7.98. The summed E-state index contributed by atoms with van der Waals surface area (Å²) < 4.78 is 5.51. The van der Waals surface area contributed by atoms with Gasteiger partial charge in [0, 0.05) is 13.2 Å². The van der Waals surface area contributed by atoms with Crippen molar-refractivity contribution in [3.05, 3.63) is 11.9 Å². The summed E-state index contributed by atoms with van der Waals surface area (Å²) in [6, 6.07) is 2.14. The predicted octanol–water partition coefficient (Wildman–Crippen LogP) is 1.66. The number of ether oxygens (including phenoxy) is 1. The average Bonchev–Trinajstić information content (AvgIpc) is 2.88. The third kappa shape index (κ3) is 2.87. The summed E-state index contributed by atoms with van der Waals surface area (Å²) in [5.74, 6) is 0.599. The van der Waals surface area contributed by atoms with Crippen molar-refractivity contribution >= 4 is 17.6 Å². The lowest BCUT2D eigenvalue weighted by molar-refractivity contribution is 0.120. The molecule has 1 aromatic heterocycles. The number of rotatable bonds is 4. The number of aromatic nitrogens is 2. The van der Waals surface area contributed by atoms with E-state index in [1.165, 1.54) is 18.1 Å². The first-order valence-corrected chi connectivity index (χ1v) is 6.72. The third-order valence-electron chi connectivity index (χ3n) is 2.64. The van der Waals surface area contributed by atoms with E-state index in [9.17, 15) is 0 Å². The van der Waals surface area contributed by atoms with Crippen LogP contribution >= 0.6 is 11.8 Å². The summed E-state index contributed by atoms with van der Waals surface area (Å²) in [5, 5.41) is 13.0. The molecule has 1 N–H and O–H groups in total. The Kier molecular flexibility index (Phi) is 4.18. The Hall–Kier alpha value is -1.32. The molecule has 2 heterocycles. The molecule has 0 radical (unpaired) electrons. The zero-order valence-corrected chi connectivity index (χ0v) is 10.5. The lowest BCUT2D eigenvalue weighted by Crippen LogP contribution is -2.19. The maximum Gasteiger partial charge on any atom is 0.148 e. The van der Waals surface area contributed by atoms with Crippen molar-refractivity contribution in [2.45, 2.75) is 24.0 Å². The molecule has 0 aromatic carbocycles. The normalized spacial score (nSPS) is 18.9. The second-order valence-electron chi connectivity index (χ2n) is 3.73. The van der Waals surface area contributed by atoms with Crippen molar-refractivity contribution in [1.82, 2.24) is 9.97 Å². The van der Waals surface area contributed by atoms with Crippen LogP contribution in [0.15, 0.2) is 11.4 Å². The van der Waals surface area contributed by atoms with Crippen LogP contribution in [-0.2, 0) is 4.74 Å². The fourth-order valence-electron chi connectivity index (χ4n) is 1.77. The minimum atomic E-state index is 0.231. The molecular formula is C11H14N4OS. The Morgan fingerprint density at radius 2 is 2.53 bits per heavy atom. The maximum absolute atomic E-state index is 9.11. The van der Waals surface area contributed by atoms with E-state index in [0.29, 0.717) is 23.0 Å². The lowest BCUT2D eigenvalue weighted by Gasteiger charge is -2.12. The lowest BCUT2D eigenvalue weighted by atomic mass is 10.2. The molecule has 0 bridgehead atoms. The van der Waals surface area contributed by atoms with Crippen LogP contribution in [0.4, 0.5) is 5.82 Å². The first kappa shape index (κ1) is 12.1. The Labute approximate surface area is 105 Å². The Morgan fingerprint density at radius 1 is 1.65 bits per heavy atom. The fraction of sp³-hybridized carbons (Fsp3) is 0.545. The molecular weight excluding hydrogens is 236 g/mol. The number of nitrogens with zero attached hydrogens (tertiary/aromatic N) is 3. The first-order valence-electron chi connectivity index (χ1n) is 5.49. The maximum atomic E-state index is 9.11. The van der Waals surface area contributed by atoms with Gasteiger partial charge < -0.3 is 10.1 Å². The summed E-state index contributed by atoms with van der Waals surface area (Å²) in [6.45, 7) is 1.52. The highest BCUT2D eigenvalue weighted by Gasteiger charge is 2.17. The van der Waals surface area contributed by atoms with Crippen LogP contribution < -0.4 is 5.32 Å². The van der Waals surface area contributed by atoms with E-state index in [-0.39, 0.29) is 6.10 Å². The van der Waals surface area contributed by atoms with E-state index in [1.54, 1.807) is 0 Å². The molecule has 1 atom stereocenters. The summed E-state index contributed by atoms with van der Waals surface area (Å²) in [7, 11) is 0. The van der Waals surface area contributed by atoms with E-state index in [4.69, 9.17) is 10.00 Å². The SMILES string of the molecule is CSc1ncnc(NCC2CCCO2)c1C#N. The van der Waals surface area contributed by atoms with Gasteiger partial charge in [0.2, 0.25) is 0 Å². The number of thioether (sulfide) groups is 1. The molecule has 1 aromatic rings. The smallest absolute Gasteiger partial charge is 0.148 e. The summed E-state index contributed by atoms with van der Waals surface area (Å²) in [6.07, 6.45) is 5.78. The Balaban J connectivity index is 2.07. The van der Waals surface area contributed by atoms with Gasteiger partial charge in [0.25, 0.3) is 0 Å². The van der Waals surface area contributed by atoms with Gasteiger partial charge in [-0.2, -0.15) is 5.26 Å². The molecule has 0 spiro atoms. The van der Waals surface area contributed by atoms with Crippen LogP contribution in [0.5, 0.6) is 0 Å². The van der Waals surface area contributed by atoms with E-state index >= 15 is 0 Å². The van der Waals surface area contributed by atoms with Gasteiger partial charge in [-0.15, -0.1) is 11.8 Å². The zero-order valence-electron chi connectivity index (χ0n) is 9.64. The van der Waals surface area contributed by atoms with Gasteiger partial charge in [0.15, 0.2) is 0 Å². The van der Waals surface area contributed by atoms with Gasteiger partial charge in [-0.3, -0.25) is 0 Å². The summed E-state index contributed by atoms with van der Waals surface area (Å²) >= 11 is 1.45. The molecule has 2 rings (SSSR count). The monoisotopic (exact) mass is 250 g/mol. The molecule has 1 saturated heterocycles. The molecule has 6 heteroatoms. The molecule has 1 fully saturated rings. The molecule has 17 heavy (non-hydrogen) atoms. The second kappa shape index (κ2) is 5.84. The van der Waals surface area contributed by atoms with E-state index in [0.717, 1.165) is 19.4 Å². The minimum Gasteiger partial charge on any atom is -0.376 e. The average molecular weight is 250 g/mol. The van der Waals surface area contributed by atoms with E-state index in [2.05, 4.69) is 21.4 Å². The van der Waals surface area contributed by atoms with Crippen molar-refractivity contribution in [1.29, 1.82) is 5.26 Å². The number of hydrogen-bond acceptors (Lipinski definition) is 6. The predicted molar refractivity (Wildman–Crippen MR) is 66.0 cm³/mol. The molecule has 1 aliphatic rings.